The van der Waals surface area contributed by atoms with E-state index in [9.17, 15) is 0 Å². The lowest BCUT2D eigenvalue weighted by molar-refractivity contribution is 0.413. The molecule has 28 heavy (non-hydrogen) atoms. The molecular formula is C24H22N2O2. The Bertz CT molecular complexity index is 1120. The lowest BCUT2D eigenvalue weighted by Gasteiger charge is -2.29. The Kier molecular flexibility index (Phi) is 3.97. The van der Waals surface area contributed by atoms with Gasteiger partial charge in [-0.2, -0.15) is 0 Å². The van der Waals surface area contributed by atoms with E-state index in [0.29, 0.717) is 0 Å². The van der Waals surface area contributed by atoms with Crippen LogP contribution in [0, 0.1) is 0 Å². The highest BCUT2D eigenvalue weighted by molar-refractivity contribution is 5.82. The number of rotatable bonds is 4. The maximum absolute atomic E-state index is 6.30. The molecule has 0 N–H and O–H groups in total. The van der Waals surface area contributed by atoms with Gasteiger partial charge >= 0.3 is 0 Å². The van der Waals surface area contributed by atoms with E-state index in [2.05, 4.69) is 77.5 Å². The monoisotopic (exact) mass is 370 g/mol. The van der Waals surface area contributed by atoms with Gasteiger partial charge in [-0.1, -0.05) is 42.5 Å². The lowest BCUT2D eigenvalue weighted by Crippen LogP contribution is -2.32. The summed E-state index contributed by atoms with van der Waals surface area (Å²) >= 11 is 0. The first-order chi connectivity index (χ1) is 13.7. The first-order valence-corrected chi connectivity index (χ1v) is 9.44. The van der Waals surface area contributed by atoms with Crippen LogP contribution in [-0.2, 0) is 6.54 Å². The second-order valence-corrected chi connectivity index (χ2v) is 7.14. The number of anilines is 2. The van der Waals surface area contributed by atoms with E-state index in [-0.39, 0.29) is 6.17 Å². The zero-order valence-electron chi connectivity index (χ0n) is 16.0. The molecule has 0 fully saturated rings. The molecule has 0 bridgehead atoms. The zero-order valence-corrected chi connectivity index (χ0v) is 16.0. The number of nitrogens with zero attached hydrogens (tertiary/aromatic N) is 2. The van der Waals surface area contributed by atoms with Gasteiger partial charge in [-0.3, -0.25) is 0 Å². The smallest absolute Gasteiger partial charge is 0.162 e. The largest absolute Gasteiger partial charge is 0.497 e. The second kappa shape index (κ2) is 6.64. The summed E-state index contributed by atoms with van der Waals surface area (Å²) in [5.74, 6) is 1.73. The van der Waals surface area contributed by atoms with Crippen LogP contribution < -0.4 is 14.5 Å². The van der Waals surface area contributed by atoms with Gasteiger partial charge in [0.25, 0.3) is 0 Å². The van der Waals surface area contributed by atoms with Gasteiger partial charge in [0.2, 0.25) is 0 Å². The van der Waals surface area contributed by atoms with Crippen LogP contribution in [0.4, 0.5) is 11.4 Å². The fourth-order valence-corrected chi connectivity index (χ4v) is 4.06. The van der Waals surface area contributed by atoms with Crippen molar-refractivity contribution in [2.24, 2.45) is 0 Å². The number of furan rings is 1. The molecule has 4 aromatic rings. The lowest BCUT2D eigenvalue weighted by atomic mass is 10.2. The van der Waals surface area contributed by atoms with Crippen molar-refractivity contribution in [2.45, 2.75) is 12.7 Å². The second-order valence-electron chi connectivity index (χ2n) is 7.14. The number of benzene rings is 3. The van der Waals surface area contributed by atoms with Gasteiger partial charge in [-0.25, -0.2) is 0 Å². The summed E-state index contributed by atoms with van der Waals surface area (Å²) in [6.45, 7) is 0.813. The minimum atomic E-state index is -0.00370. The molecule has 0 spiro atoms. The van der Waals surface area contributed by atoms with E-state index in [1.807, 2.05) is 18.2 Å². The Morgan fingerprint density at radius 1 is 0.893 bits per heavy atom. The molecule has 3 aromatic carbocycles. The van der Waals surface area contributed by atoms with Crippen LogP contribution in [0.25, 0.3) is 11.0 Å². The van der Waals surface area contributed by atoms with E-state index in [1.165, 1.54) is 16.9 Å². The molecule has 1 aliphatic rings. The quantitative estimate of drug-likeness (QED) is 0.468. The Morgan fingerprint density at radius 2 is 1.64 bits per heavy atom. The molecule has 1 aliphatic heterocycles. The summed E-state index contributed by atoms with van der Waals surface area (Å²) in [5, 5.41) is 1.08. The Balaban J connectivity index is 1.60. The Morgan fingerprint density at radius 3 is 2.43 bits per heavy atom. The molecule has 4 heteroatoms. The van der Waals surface area contributed by atoms with Crippen LogP contribution in [-0.4, -0.2) is 14.2 Å². The van der Waals surface area contributed by atoms with Crippen LogP contribution >= 0.6 is 0 Å². The van der Waals surface area contributed by atoms with Gasteiger partial charge in [-0.15, -0.1) is 0 Å². The number of ether oxygens (including phenoxy) is 1. The molecule has 2 heterocycles. The molecular weight excluding hydrogens is 348 g/mol. The molecule has 4 nitrogen and oxygen atoms in total. The van der Waals surface area contributed by atoms with Gasteiger partial charge < -0.3 is 19.0 Å². The van der Waals surface area contributed by atoms with Crippen molar-refractivity contribution in [1.82, 2.24) is 0 Å². The average molecular weight is 370 g/mol. The minimum absolute atomic E-state index is 0.00370. The minimum Gasteiger partial charge on any atom is -0.497 e. The van der Waals surface area contributed by atoms with Crippen molar-refractivity contribution >= 4 is 22.3 Å². The number of para-hydroxylation sites is 2. The molecule has 0 radical (unpaired) electrons. The summed E-state index contributed by atoms with van der Waals surface area (Å²) < 4.78 is 11.6. The third-order valence-corrected chi connectivity index (χ3v) is 5.43. The highest BCUT2D eigenvalue weighted by Crippen LogP contribution is 2.47. The third-order valence-electron chi connectivity index (χ3n) is 5.43. The van der Waals surface area contributed by atoms with E-state index in [1.54, 1.807) is 7.11 Å². The highest BCUT2D eigenvalue weighted by atomic mass is 16.5. The first-order valence-electron chi connectivity index (χ1n) is 9.44. The number of hydrogen-bond acceptors (Lipinski definition) is 4. The van der Waals surface area contributed by atoms with Crippen LogP contribution in [0.2, 0.25) is 0 Å². The van der Waals surface area contributed by atoms with Gasteiger partial charge in [-0.05, 0) is 35.9 Å². The van der Waals surface area contributed by atoms with Crippen molar-refractivity contribution in [3.8, 4) is 5.75 Å². The summed E-state index contributed by atoms with van der Waals surface area (Å²) in [6.07, 6.45) is -0.00370. The molecule has 1 atom stereocenters. The molecule has 0 saturated heterocycles. The van der Waals surface area contributed by atoms with Crippen LogP contribution in [0.5, 0.6) is 5.75 Å². The molecule has 0 saturated carbocycles. The highest BCUT2D eigenvalue weighted by Gasteiger charge is 2.36. The van der Waals surface area contributed by atoms with Crippen molar-refractivity contribution in [2.75, 3.05) is 24.0 Å². The van der Waals surface area contributed by atoms with E-state index < -0.39 is 0 Å². The van der Waals surface area contributed by atoms with Gasteiger partial charge in [0.15, 0.2) is 6.17 Å². The van der Waals surface area contributed by atoms with Crippen molar-refractivity contribution < 1.29 is 9.15 Å². The maximum atomic E-state index is 6.30. The molecule has 0 aliphatic carbocycles. The maximum Gasteiger partial charge on any atom is 0.162 e. The van der Waals surface area contributed by atoms with Gasteiger partial charge in [0.1, 0.15) is 17.1 Å². The molecule has 1 aromatic heterocycles. The first kappa shape index (κ1) is 16.8. The molecule has 5 rings (SSSR count). The summed E-state index contributed by atoms with van der Waals surface area (Å²) in [5.41, 5.74) is 4.55. The molecule has 0 unspecified atom stereocenters. The van der Waals surface area contributed by atoms with Crippen molar-refractivity contribution in [3.63, 3.8) is 0 Å². The number of methoxy groups -OCH3 is 1. The normalized spacial score (nSPS) is 15.9. The molecule has 0 amide bonds. The molecule has 140 valence electrons. The van der Waals surface area contributed by atoms with Crippen LogP contribution in [0.15, 0.2) is 83.3 Å². The zero-order chi connectivity index (χ0) is 19.1. The number of fused-ring (bicyclic) bond motifs is 2. The SMILES string of the molecule is COc1ccc2cc([C@@H]3N(C)c4ccccc4N3Cc3ccccc3)oc2c1. The van der Waals surface area contributed by atoms with Gasteiger partial charge in [0, 0.05) is 25.0 Å². The fraction of sp³-hybridized carbons (Fsp3) is 0.167. The van der Waals surface area contributed by atoms with E-state index in [4.69, 9.17) is 9.15 Å². The predicted octanol–water partition coefficient (Wildman–Crippen LogP) is 5.60. The van der Waals surface area contributed by atoms with Crippen molar-refractivity contribution in [1.29, 1.82) is 0 Å². The van der Waals surface area contributed by atoms with Crippen LogP contribution in [0.3, 0.4) is 0 Å². The van der Waals surface area contributed by atoms with Crippen molar-refractivity contribution in [3.05, 3.63) is 90.2 Å². The predicted molar refractivity (Wildman–Crippen MR) is 113 cm³/mol. The van der Waals surface area contributed by atoms with E-state index in [0.717, 1.165) is 29.0 Å². The summed E-state index contributed by atoms with van der Waals surface area (Å²) in [4.78, 5) is 4.69. The number of hydrogen-bond donors (Lipinski definition) is 0. The summed E-state index contributed by atoms with van der Waals surface area (Å²) in [7, 11) is 3.80. The topological polar surface area (TPSA) is 28.9 Å². The van der Waals surface area contributed by atoms with E-state index >= 15 is 0 Å². The van der Waals surface area contributed by atoms with Gasteiger partial charge in [0.05, 0.1) is 18.5 Å². The standard InChI is InChI=1S/C24H22N2O2/c1-25-20-10-6-7-11-21(20)26(16-17-8-4-3-5-9-17)24(25)23-14-18-12-13-19(27-2)15-22(18)28-23/h3-15,24H,16H2,1-2H3/t24-/m1/s1. The Hall–Kier alpha value is -3.40. The average Bonchev–Trinajstić information content (AvgIpc) is 3.27. The Labute approximate surface area is 164 Å². The summed E-state index contributed by atoms with van der Waals surface area (Å²) in [6, 6.07) is 27.2. The fourth-order valence-electron chi connectivity index (χ4n) is 4.06. The third kappa shape index (κ3) is 2.69. The van der Waals surface area contributed by atoms with Crippen LogP contribution in [0.1, 0.15) is 17.5 Å².